The van der Waals surface area contributed by atoms with Crippen LogP contribution in [0.2, 0.25) is 0 Å². The third-order valence-electron chi connectivity index (χ3n) is 2.92. The van der Waals surface area contributed by atoms with Gasteiger partial charge in [0.1, 0.15) is 0 Å². The van der Waals surface area contributed by atoms with Crippen molar-refractivity contribution in [3.8, 4) is 0 Å². The number of rotatable bonds is 5. The summed E-state index contributed by atoms with van der Waals surface area (Å²) in [4.78, 5) is 12.0. The number of hydrogen-bond donors (Lipinski definition) is 0. The molecule has 0 aliphatic rings. The van der Waals surface area contributed by atoms with Crippen molar-refractivity contribution in [2.24, 2.45) is 0 Å². The van der Waals surface area contributed by atoms with Crippen molar-refractivity contribution < 1.29 is 4.79 Å². The number of carbonyl (C=O) groups excluding carboxylic acids is 1. The fourth-order valence-corrected chi connectivity index (χ4v) is 2.83. The van der Waals surface area contributed by atoms with Crippen LogP contribution in [0.4, 0.5) is 0 Å². The second-order valence-electron chi connectivity index (χ2n) is 4.77. The highest BCUT2D eigenvalue weighted by Crippen LogP contribution is 2.15. The standard InChI is InChI=1S/C17H18OS/c1-13-5-3-7-15(9-13)11-19-12-17(18)16-8-4-6-14(2)10-16/h3-10H,11-12H2,1-2H3. The molecule has 0 atom stereocenters. The first-order valence-corrected chi connectivity index (χ1v) is 7.54. The molecule has 0 spiro atoms. The van der Waals surface area contributed by atoms with Crippen LogP contribution < -0.4 is 0 Å². The predicted molar refractivity (Wildman–Crippen MR) is 82.9 cm³/mol. The summed E-state index contributed by atoms with van der Waals surface area (Å²) in [6, 6.07) is 16.2. The molecular formula is C17H18OS. The molecule has 0 N–H and O–H groups in total. The van der Waals surface area contributed by atoms with Crippen LogP contribution in [-0.4, -0.2) is 11.5 Å². The molecule has 0 aliphatic heterocycles. The summed E-state index contributed by atoms with van der Waals surface area (Å²) in [5.74, 6) is 1.64. The SMILES string of the molecule is Cc1cccc(CSCC(=O)c2cccc(C)c2)c1. The van der Waals surface area contributed by atoms with E-state index in [-0.39, 0.29) is 5.78 Å². The number of carbonyl (C=O) groups is 1. The average molecular weight is 270 g/mol. The van der Waals surface area contributed by atoms with Gasteiger partial charge in [-0.2, -0.15) is 0 Å². The summed E-state index contributed by atoms with van der Waals surface area (Å²) < 4.78 is 0. The third kappa shape index (κ3) is 4.25. The van der Waals surface area contributed by atoms with Gasteiger partial charge >= 0.3 is 0 Å². The molecule has 0 aromatic heterocycles. The van der Waals surface area contributed by atoms with Gasteiger partial charge in [-0.3, -0.25) is 4.79 Å². The highest BCUT2D eigenvalue weighted by Gasteiger charge is 2.06. The summed E-state index contributed by atoms with van der Waals surface area (Å²) in [5, 5.41) is 0. The lowest BCUT2D eigenvalue weighted by Gasteiger charge is -2.04. The first kappa shape index (κ1) is 13.9. The summed E-state index contributed by atoms with van der Waals surface area (Å²) >= 11 is 1.67. The Kier molecular flexibility index (Phi) is 4.80. The maximum Gasteiger partial charge on any atom is 0.172 e. The topological polar surface area (TPSA) is 17.1 Å². The average Bonchev–Trinajstić information content (AvgIpc) is 2.38. The van der Waals surface area contributed by atoms with Crippen molar-refractivity contribution in [3.63, 3.8) is 0 Å². The molecule has 2 heteroatoms. The first-order chi connectivity index (χ1) is 9.15. The molecule has 0 fully saturated rings. The molecule has 1 nitrogen and oxygen atoms in total. The first-order valence-electron chi connectivity index (χ1n) is 6.38. The minimum atomic E-state index is 0.210. The second kappa shape index (κ2) is 6.58. The highest BCUT2D eigenvalue weighted by molar-refractivity contribution is 7.99. The third-order valence-corrected chi connectivity index (χ3v) is 3.93. The zero-order valence-corrected chi connectivity index (χ0v) is 12.2. The Morgan fingerprint density at radius 1 is 1.00 bits per heavy atom. The fraction of sp³-hybridized carbons (Fsp3) is 0.235. The molecule has 0 aliphatic carbocycles. The Bertz CT molecular complexity index is 575. The Balaban J connectivity index is 1.87. The Hall–Kier alpha value is -1.54. The van der Waals surface area contributed by atoms with Gasteiger partial charge in [0.25, 0.3) is 0 Å². The summed E-state index contributed by atoms with van der Waals surface area (Å²) in [5.41, 5.74) is 4.50. The molecule has 0 saturated heterocycles. The van der Waals surface area contributed by atoms with E-state index in [0.29, 0.717) is 5.75 Å². The minimum Gasteiger partial charge on any atom is -0.293 e. The Morgan fingerprint density at radius 2 is 1.68 bits per heavy atom. The minimum absolute atomic E-state index is 0.210. The van der Waals surface area contributed by atoms with E-state index in [1.54, 1.807) is 11.8 Å². The smallest absolute Gasteiger partial charge is 0.172 e. The molecule has 2 aromatic carbocycles. The molecule has 0 heterocycles. The van der Waals surface area contributed by atoms with Crippen molar-refractivity contribution in [2.75, 3.05) is 5.75 Å². The molecule has 0 radical (unpaired) electrons. The Morgan fingerprint density at radius 3 is 2.37 bits per heavy atom. The molecule has 98 valence electrons. The van der Waals surface area contributed by atoms with Crippen molar-refractivity contribution in [2.45, 2.75) is 19.6 Å². The normalized spacial score (nSPS) is 10.4. The van der Waals surface area contributed by atoms with E-state index in [9.17, 15) is 4.79 Å². The quantitative estimate of drug-likeness (QED) is 0.748. The van der Waals surface area contributed by atoms with Crippen molar-refractivity contribution in [3.05, 3.63) is 70.8 Å². The van der Waals surface area contributed by atoms with Crippen LogP contribution in [0.1, 0.15) is 27.0 Å². The van der Waals surface area contributed by atoms with E-state index >= 15 is 0 Å². The summed E-state index contributed by atoms with van der Waals surface area (Å²) in [6.07, 6.45) is 0. The van der Waals surface area contributed by atoms with E-state index in [2.05, 4.69) is 31.2 Å². The molecule has 2 rings (SSSR count). The number of thioether (sulfide) groups is 1. The largest absolute Gasteiger partial charge is 0.293 e. The van der Waals surface area contributed by atoms with Gasteiger partial charge in [0, 0.05) is 11.3 Å². The second-order valence-corrected chi connectivity index (χ2v) is 5.76. The van der Waals surface area contributed by atoms with Crippen molar-refractivity contribution >= 4 is 17.5 Å². The van der Waals surface area contributed by atoms with Gasteiger partial charge in [-0.1, -0.05) is 53.6 Å². The molecule has 0 amide bonds. The lowest BCUT2D eigenvalue weighted by Crippen LogP contribution is -2.02. The number of ketones is 1. The zero-order chi connectivity index (χ0) is 13.7. The van der Waals surface area contributed by atoms with Gasteiger partial charge in [-0.05, 0) is 25.5 Å². The fourth-order valence-electron chi connectivity index (χ4n) is 1.97. The zero-order valence-electron chi connectivity index (χ0n) is 11.3. The van der Waals surface area contributed by atoms with Gasteiger partial charge in [0.05, 0.1) is 5.75 Å². The molecule has 0 unspecified atom stereocenters. The predicted octanol–water partition coefficient (Wildman–Crippen LogP) is 4.42. The van der Waals surface area contributed by atoms with Crippen LogP contribution in [0.3, 0.4) is 0 Å². The molecular weight excluding hydrogens is 252 g/mol. The maximum absolute atomic E-state index is 12.0. The molecule has 0 bridgehead atoms. The van der Waals surface area contributed by atoms with E-state index in [4.69, 9.17) is 0 Å². The van der Waals surface area contributed by atoms with Gasteiger partial charge in [0.15, 0.2) is 5.78 Å². The van der Waals surface area contributed by atoms with Crippen LogP contribution in [0.15, 0.2) is 48.5 Å². The van der Waals surface area contributed by atoms with E-state index in [0.717, 1.165) is 16.9 Å². The maximum atomic E-state index is 12.0. The van der Waals surface area contributed by atoms with Crippen LogP contribution >= 0.6 is 11.8 Å². The highest BCUT2D eigenvalue weighted by atomic mass is 32.2. The van der Waals surface area contributed by atoms with Gasteiger partial charge in [-0.15, -0.1) is 11.8 Å². The van der Waals surface area contributed by atoms with Crippen LogP contribution in [0.25, 0.3) is 0 Å². The number of benzene rings is 2. The molecule has 2 aromatic rings. The lowest BCUT2D eigenvalue weighted by molar-refractivity contribution is 0.102. The number of aryl methyl sites for hydroxylation is 2. The van der Waals surface area contributed by atoms with E-state index in [1.807, 2.05) is 31.2 Å². The molecule has 19 heavy (non-hydrogen) atoms. The van der Waals surface area contributed by atoms with Crippen LogP contribution in [0, 0.1) is 13.8 Å². The Labute approximate surface area is 119 Å². The van der Waals surface area contributed by atoms with Gasteiger partial charge in [0.2, 0.25) is 0 Å². The van der Waals surface area contributed by atoms with Crippen molar-refractivity contribution in [1.82, 2.24) is 0 Å². The van der Waals surface area contributed by atoms with Crippen LogP contribution in [-0.2, 0) is 5.75 Å². The number of Topliss-reactive ketones (excluding diaryl/α,β-unsaturated/α-hetero) is 1. The lowest BCUT2D eigenvalue weighted by atomic mass is 10.1. The monoisotopic (exact) mass is 270 g/mol. The molecule has 0 saturated carbocycles. The van der Waals surface area contributed by atoms with Gasteiger partial charge < -0.3 is 0 Å². The van der Waals surface area contributed by atoms with E-state index in [1.165, 1.54) is 11.1 Å². The number of hydrogen-bond acceptors (Lipinski definition) is 2. The van der Waals surface area contributed by atoms with Gasteiger partial charge in [-0.25, -0.2) is 0 Å². The van der Waals surface area contributed by atoms with Crippen LogP contribution in [0.5, 0.6) is 0 Å². The summed E-state index contributed by atoms with van der Waals surface area (Å²) in [7, 11) is 0. The summed E-state index contributed by atoms with van der Waals surface area (Å²) in [6.45, 7) is 4.10. The van der Waals surface area contributed by atoms with Crippen molar-refractivity contribution in [1.29, 1.82) is 0 Å². The van der Waals surface area contributed by atoms with E-state index < -0.39 is 0 Å².